The maximum absolute atomic E-state index is 12.9. The second-order valence-electron chi connectivity index (χ2n) is 5.54. The molecule has 0 bridgehead atoms. The molecule has 0 fully saturated rings. The molecule has 3 nitrogen and oxygen atoms in total. The average molecular weight is 281 g/mol. The van der Waals surface area contributed by atoms with Crippen molar-refractivity contribution in [2.45, 2.75) is 26.3 Å². The first-order chi connectivity index (χ1) is 10.1. The molecule has 108 valence electrons. The Bertz CT molecular complexity index is 693. The van der Waals surface area contributed by atoms with Crippen LogP contribution in [0.25, 0.3) is 0 Å². The van der Waals surface area contributed by atoms with Crippen molar-refractivity contribution >= 4 is 11.6 Å². The molecular formula is C18H19NO2. The number of benzene rings is 2. The molecule has 0 aromatic heterocycles. The Hall–Kier alpha value is -2.29. The molecule has 0 N–H and O–H groups in total. The van der Waals surface area contributed by atoms with Crippen LogP contribution in [0, 0.1) is 6.92 Å². The number of carbonyl (C=O) groups is 1. The number of amides is 1. The fourth-order valence-corrected chi connectivity index (χ4v) is 2.97. The van der Waals surface area contributed by atoms with E-state index < -0.39 is 0 Å². The van der Waals surface area contributed by atoms with Gasteiger partial charge in [0.25, 0.3) is 5.91 Å². The van der Waals surface area contributed by atoms with E-state index in [1.165, 1.54) is 5.56 Å². The number of para-hydroxylation sites is 1. The van der Waals surface area contributed by atoms with Gasteiger partial charge in [0.05, 0.1) is 7.11 Å². The molecule has 0 saturated heterocycles. The molecule has 1 heterocycles. The SMILES string of the molecule is COc1cc(C(=O)N2c3ccccc3CC2C)ccc1C. The lowest BCUT2D eigenvalue weighted by atomic mass is 10.1. The Balaban J connectivity index is 1.99. The van der Waals surface area contributed by atoms with Gasteiger partial charge in [0.2, 0.25) is 0 Å². The third-order valence-electron chi connectivity index (χ3n) is 4.08. The summed E-state index contributed by atoms with van der Waals surface area (Å²) in [6.45, 7) is 4.06. The van der Waals surface area contributed by atoms with Gasteiger partial charge in [0, 0.05) is 17.3 Å². The lowest BCUT2D eigenvalue weighted by Gasteiger charge is -2.23. The lowest BCUT2D eigenvalue weighted by Crippen LogP contribution is -2.35. The van der Waals surface area contributed by atoms with Gasteiger partial charge in [-0.2, -0.15) is 0 Å². The molecule has 1 unspecified atom stereocenters. The molecule has 1 atom stereocenters. The standard InChI is InChI=1S/C18H19NO2/c1-12-8-9-15(11-17(12)21-3)18(20)19-13(2)10-14-6-4-5-7-16(14)19/h4-9,11,13H,10H2,1-3H3. The van der Waals surface area contributed by atoms with Crippen LogP contribution in [0.5, 0.6) is 5.75 Å². The molecule has 2 aromatic carbocycles. The van der Waals surface area contributed by atoms with Crippen molar-refractivity contribution in [2.75, 3.05) is 12.0 Å². The highest BCUT2D eigenvalue weighted by molar-refractivity contribution is 6.08. The van der Waals surface area contributed by atoms with Gasteiger partial charge < -0.3 is 9.64 Å². The Kier molecular flexibility index (Phi) is 3.42. The molecule has 1 amide bonds. The lowest BCUT2D eigenvalue weighted by molar-refractivity contribution is 0.0981. The van der Waals surface area contributed by atoms with Gasteiger partial charge in [-0.05, 0) is 49.6 Å². The van der Waals surface area contributed by atoms with E-state index in [0.29, 0.717) is 5.56 Å². The van der Waals surface area contributed by atoms with E-state index >= 15 is 0 Å². The molecule has 0 radical (unpaired) electrons. The average Bonchev–Trinajstić information content (AvgIpc) is 2.82. The van der Waals surface area contributed by atoms with Gasteiger partial charge in [-0.15, -0.1) is 0 Å². The summed E-state index contributed by atoms with van der Waals surface area (Å²) in [6.07, 6.45) is 0.908. The molecule has 0 aliphatic carbocycles. The Morgan fingerprint density at radius 2 is 2.00 bits per heavy atom. The highest BCUT2D eigenvalue weighted by Crippen LogP contribution is 2.33. The Labute approximate surface area is 125 Å². The number of ether oxygens (including phenoxy) is 1. The van der Waals surface area contributed by atoms with E-state index in [2.05, 4.69) is 13.0 Å². The van der Waals surface area contributed by atoms with Crippen molar-refractivity contribution in [3.05, 3.63) is 59.2 Å². The second kappa shape index (κ2) is 5.24. The molecule has 1 aliphatic heterocycles. The molecule has 0 saturated carbocycles. The van der Waals surface area contributed by atoms with Crippen molar-refractivity contribution in [1.29, 1.82) is 0 Å². The fraction of sp³-hybridized carbons (Fsp3) is 0.278. The minimum absolute atomic E-state index is 0.0331. The minimum atomic E-state index is 0.0331. The van der Waals surface area contributed by atoms with Crippen LogP contribution in [0.4, 0.5) is 5.69 Å². The molecule has 3 heteroatoms. The number of hydrogen-bond acceptors (Lipinski definition) is 2. The van der Waals surface area contributed by atoms with Crippen LogP contribution in [-0.4, -0.2) is 19.1 Å². The van der Waals surface area contributed by atoms with Crippen LogP contribution in [0.3, 0.4) is 0 Å². The van der Waals surface area contributed by atoms with Crippen molar-refractivity contribution in [1.82, 2.24) is 0 Å². The third-order valence-corrected chi connectivity index (χ3v) is 4.08. The molecule has 1 aliphatic rings. The van der Waals surface area contributed by atoms with E-state index in [0.717, 1.165) is 23.4 Å². The normalized spacial score (nSPS) is 16.7. The zero-order valence-corrected chi connectivity index (χ0v) is 12.6. The van der Waals surface area contributed by atoms with Crippen molar-refractivity contribution < 1.29 is 9.53 Å². The zero-order chi connectivity index (χ0) is 15.0. The molecular weight excluding hydrogens is 262 g/mol. The summed E-state index contributed by atoms with van der Waals surface area (Å²) in [6, 6.07) is 13.9. The van der Waals surface area contributed by atoms with Crippen LogP contribution in [-0.2, 0) is 6.42 Å². The van der Waals surface area contributed by atoms with Crippen LogP contribution in [0.1, 0.15) is 28.4 Å². The second-order valence-corrected chi connectivity index (χ2v) is 5.54. The van der Waals surface area contributed by atoms with Gasteiger partial charge in [0.15, 0.2) is 0 Å². The van der Waals surface area contributed by atoms with Crippen LogP contribution >= 0.6 is 0 Å². The van der Waals surface area contributed by atoms with Gasteiger partial charge in [-0.3, -0.25) is 4.79 Å². The number of hydrogen-bond donors (Lipinski definition) is 0. The summed E-state index contributed by atoms with van der Waals surface area (Å²) in [5.41, 5.74) is 3.96. The first kappa shape index (κ1) is 13.7. The van der Waals surface area contributed by atoms with Gasteiger partial charge in [0.1, 0.15) is 5.75 Å². The summed E-state index contributed by atoms with van der Waals surface area (Å²) in [5, 5.41) is 0. The van der Waals surface area contributed by atoms with Crippen molar-refractivity contribution in [3.63, 3.8) is 0 Å². The topological polar surface area (TPSA) is 29.5 Å². The third kappa shape index (κ3) is 2.29. The Morgan fingerprint density at radius 3 is 2.76 bits per heavy atom. The predicted molar refractivity (Wildman–Crippen MR) is 84.1 cm³/mol. The van der Waals surface area contributed by atoms with Gasteiger partial charge in [-0.1, -0.05) is 24.3 Å². The van der Waals surface area contributed by atoms with Crippen LogP contribution in [0.2, 0.25) is 0 Å². The van der Waals surface area contributed by atoms with E-state index in [-0.39, 0.29) is 11.9 Å². The van der Waals surface area contributed by atoms with E-state index in [1.807, 2.05) is 48.2 Å². The first-order valence-corrected chi connectivity index (χ1v) is 7.18. The summed E-state index contributed by atoms with van der Waals surface area (Å²) in [4.78, 5) is 14.8. The van der Waals surface area contributed by atoms with E-state index in [9.17, 15) is 4.79 Å². The van der Waals surface area contributed by atoms with Crippen molar-refractivity contribution in [2.24, 2.45) is 0 Å². The highest BCUT2D eigenvalue weighted by Gasteiger charge is 2.31. The quantitative estimate of drug-likeness (QED) is 0.842. The summed E-state index contributed by atoms with van der Waals surface area (Å²) >= 11 is 0. The first-order valence-electron chi connectivity index (χ1n) is 7.18. The van der Waals surface area contributed by atoms with Gasteiger partial charge >= 0.3 is 0 Å². The van der Waals surface area contributed by atoms with Crippen molar-refractivity contribution in [3.8, 4) is 5.75 Å². The van der Waals surface area contributed by atoms with Crippen LogP contribution in [0.15, 0.2) is 42.5 Å². The molecule has 3 rings (SSSR count). The minimum Gasteiger partial charge on any atom is -0.496 e. The monoisotopic (exact) mass is 281 g/mol. The maximum Gasteiger partial charge on any atom is 0.258 e. The fourth-order valence-electron chi connectivity index (χ4n) is 2.97. The maximum atomic E-state index is 12.9. The summed E-state index contributed by atoms with van der Waals surface area (Å²) in [7, 11) is 1.63. The Morgan fingerprint density at radius 1 is 1.24 bits per heavy atom. The molecule has 0 spiro atoms. The van der Waals surface area contributed by atoms with E-state index in [4.69, 9.17) is 4.74 Å². The number of carbonyl (C=O) groups excluding carboxylic acids is 1. The molecule has 21 heavy (non-hydrogen) atoms. The highest BCUT2D eigenvalue weighted by atomic mass is 16.5. The number of fused-ring (bicyclic) bond motifs is 1. The zero-order valence-electron chi connectivity index (χ0n) is 12.6. The van der Waals surface area contributed by atoms with E-state index in [1.54, 1.807) is 7.11 Å². The van der Waals surface area contributed by atoms with Crippen LogP contribution < -0.4 is 9.64 Å². The number of nitrogens with zero attached hydrogens (tertiary/aromatic N) is 1. The smallest absolute Gasteiger partial charge is 0.258 e. The number of rotatable bonds is 2. The number of aryl methyl sites for hydroxylation is 1. The number of methoxy groups -OCH3 is 1. The summed E-state index contributed by atoms with van der Waals surface area (Å²) in [5.74, 6) is 0.784. The largest absolute Gasteiger partial charge is 0.496 e. The molecule has 2 aromatic rings. The number of anilines is 1. The summed E-state index contributed by atoms with van der Waals surface area (Å²) < 4.78 is 5.32. The van der Waals surface area contributed by atoms with Gasteiger partial charge in [-0.25, -0.2) is 0 Å². The predicted octanol–water partition coefficient (Wildman–Crippen LogP) is 3.60.